The molecule has 0 unspecified atom stereocenters. The summed E-state index contributed by atoms with van der Waals surface area (Å²) in [7, 11) is 0. The molecule has 1 aliphatic rings. The number of hydrogen-bond acceptors (Lipinski definition) is 3. The number of hydrazone groups is 1. The highest BCUT2D eigenvalue weighted by atomic mass is 32.2. The van der Waals surface area contributed by atoms with Crippen LogP contribution in [-0.2, 0) is 0 Å². The molecule has 0 saturated carbocycles. The van der Waals surface area contributed by atoms with Crippen molar-refractivity contribution in [2.24, 2.45) is 5.10 Å². The van der Waals surface area contributed by atoms with Crippen molar-refractivity contribution in [3.63, 3.8) is 0 Å². The number of thioether (sulfide) groups is 1. The molecule has 2 nitrogen and oxygen atoms in total. The average Bonchev–Trinajstić information content (AvgIpc) is 2.12. The van der Waals surface area contributed by atoms with Gasteiger partial charge in [-0.1, -0.05) is 20.8 Å². The Morgan fingerprint density at radius 1 is 1.50 bits per heavy atom. The molecule has 1 heterocycles. The van der Waals surface area contributed by atoms with Gasteiger partial charge in [0.25, 0.3) is 0 Å². The molecular weight excluding hydrogens is 144 g/mol. The van der Waals surface area contributed by atoms with E-state index in [1.165, 1.54) is 5.04 Å². The largest absolute Gasteiger partial charge is 0.309 e. The van der Waals surface area contributed by atoms with Crippen LogP contribution >= 0.6 is 11.8 Å². The van der Waals surface area contributed by atoms with Crippen LogP contribution in [0, 0.1) is 0 Å². The normalized spacial score (nSPS) is 18.5. The van der Waals surface area contributed by atoms with Crippen LogP contribution in [0.25, 0.3) is 0 Å². The van der Waals surface area contributed by atoms with Crippen molar-refractivity contribution < 1.29 is 0 Å². The number of hydrogen-bond donors (Lipinski definition) is 1. The van der Waals surface area contributed by atoms with Gasteiger partial charge in [-0.3, -0.25) is 0 Å². The maximum Gasteiger partial charge on any atom is 0.0954 e. The van der Waals surface area contributed by atoms with Crippen LogP contribution in [0.2, 0.25) is 0 Å². The van der Waals surface area contributed by atoms with E-state index in [0.717, 1.165) is 13.0 Å². The minimum atomic E-state index is 0.310. The van der Waals surface area contributed by atoms with Gasteiger partial charge in [0.2, 0.25) is 0 Å². The third-order valence-corrected chi connectivity index (χ3v) is 2.22. The SMILES string of the molecule is CC(C)(C)SC1=NNCC1. The lowest BCUT2D eigenvalue weighted by atomic mass is 10.3. The molecule has 10 heavy (non-hydrogen) atoms. The molecule has 0 aromatic rings. The molecule has 0 aliphatic carbocycles. The lowest BCUT2D eigenvalue weighted by Crippen LogP contribution is -2.10. The van der Waals surface area contributed by atoms with Gasteiger partial charge in [0.1, 0.15) is 0 Å². The van der Waals surface area contributed by atoms with Gasteiger partial charge in [-0.15, -0.1) is 11.8 Å². The summed E-state index contributed by atoms with van der Waals surface area (Å²) in [5.74, 6) is 0. The van der Waals surface area contributed by atoms with Crippen LogP contribution in [0.5, 0.6) is 0 Å². The molecule has 0 atom stereocenters. The second kappa shape index (κ2) is 2.82. The van der Waals surface area contributed by atoms with E-state index in [4.69, 9.17) is 0 Å². The van der Waals surface area contributed by atoms with Gasteiger partial charge in [0.15, 0.2) is 0 Å². The molecule has 1 rings (SSSR count). The molecule has 1 aliphatic heterocycles. The van der Waals surface area contributed by atoms with Crippen molar-refractivity contribution in [1.82, 2.24) is 5.43 Å². The maximum absolute atomic E-state index is 4.15. The first-order chi connectivity index (χ1) is 4.58. The standard InChI is InChI=1S/C7H14N2S/c1-7(2,3)10-6-4-5-8-9-6/h8H,4-5H2,1-3H3. The van der Waals surface area contributed by atoms with Crippen LogP contribution in [0.1, 0.15) is 27.2 Å². The van der Waals surface area contributed by atoms with Crippen molar-refractivity contribution in [3.05, 3.63) is 0 Å². The number of rotatable bonds is 0. The Kier molecular flexibility index (Phi) is 2.24. The lowest BCUT2D eigenvalue weighted by Gasteiger charge is -2.15. The van der Waals surface area contributed by atoms with E-state index in [9.17, 15) is 0 Å². The van der Waals surface area contributed by atoms with E-state index in [0.29, 0.717) is 4.75 Å². The predicted molar refractivity (Wildman–Crippen MR) is 47.4 cm³/mol. The molecule has 0 radical (unpaired) electrons. The second-order valence-corrected chi connectivity index (χ2v) is 5.28. The molecule has 0 aromatic carbocycles. The first-order valence-electron chi connectivity index (χ1n) is 3.56. The van der Waals surface area contributed by atoms with Crippen molar-refractivity contribution in [2.75, 3.05) is 6.54 Å². The van der Waals surface area contributed by atoms with Crippen LogP contribution in [0.15, 0.2) is 5.10 Å². The van der Waals surface area contributed by atoms with Gasteiger partial charge in [-0.05, 0) is 0 Å². The highest BCUT2D eigenvalue weighted by Crippen LogP contribution is 2.26. The van der Waals surface area contributed by atoms with Crippen LogP contribution in [0.4, 0.5) is 0 Å². The first kappa shape index (κ1) is 7.92. The maximum atomic E-state index is 4.15. The van der Waals surface area contributed by atoms with E-state index >= 15 is 0 Å². The zero-order chi connectivity index (χ0) is 7.61. The van der Waals surface area contributed by atoms with Gasteiger partial charge >= 0.3 is 0 Å². The fourth-order valence-corrected chi connectivity index (χ4v) is 1.81. The third kappa shape index (κ3) is 2.60. The molecule has 0 aromatic heterocycles. The summed E-state index contributed by atoms with van der Waals surface area (Å²) in [6, 6.07) is 0. The number of nitrogens with zero attached hydrogens (tertiary/aromatic N) is 1. The molecule has 0 bridgehead atoms. The minimum absolute atomic E-state index is 0.310. The first-order valence-corrected chi connectivity index (χ1v) is 4.38. The molecule has 0 fully saturated rings. The highest BCUT2D eigenvalue weighted by Gasteiger charge is 2.16. The zero-order valence-corrected chi connectivity index (χ0v) is 7.59. The summed E-state index contributed by atoms with van der Waals surface area (Å²) in [4.78, 5) is 0. The molecule has 0 saturated heterocycles. The molecule has 3 heteroatoms. The fraction of sp³-hybridized carbons (Fsp3) is 0.857. The lowest BCUT2D eigenvalue weighted by molar-refractivity contribution is 0.808. The Morgan fingerprint density at radius 3 is 2.60 bits per heavy atom. The van der Waals surface area contributed by atoms with Gasteiger partial charge in [0, 0.05) is 17.7 Å². The molecule has 1 N–H and O–H groups in total. The van der Waals surface area contributed by atoms with Gasteiger partial charge < -0.3 is 5.43 Å². The van der Waals surface area contributed by atoms with Crippen molar-refractivity contribution >= 4 is 16.8 Å². The van der Waals surface area contributed by atoms with E-state index in [1.807, 2.05) is 11.8 Å². The highest BCUT2D eigenvalue weighted by molar-refractivity contribution is 8.15. The Hall–Kier alpha value is -0.180. The van der Waals surface area contributed by atoms with Gasteiger partial charge in [0.05, 0.1) is 5.04 Å². The van der Waals surface area contributed by atoms with Crippen molar-refractivity contribution in [1.29, 1.82) is 0 Å². The smallest absolute Gasteiger partial charge is 0.0954 e. The molecule has 58 valence electrons. The fourth-order valence-electron chi connectivity index (χ4n) is 0.790. The van der Waals surface area contributed by atoms with Gasteiger partial charge in [-0.2, -0.15) is 5.10 Å². The van der Waals surface area contributed by atoms with Crippen LogP contribution in [-0.4, -0.2) is 16.3 Å². The summed E-state index contributed by atoms with van der Waals surface area (Å²) in [5, 5.41) is 5.39. The molecule has 0 amide bonds. The van der Waals surface area contributed by atoms with E-state index < -0.39 is 0 Å². The third-order valence-electron chi connectivity index (χ3n) is 1.08. The van der Waals surface area contributed by atoms with Crippen LogP contribution in [0.3, 0.4) is 0 Å². The summed E-state index contributed by atoms with van der Waals surface area (Å²) in [6.45, 7) is 7.63. The average molecular weight is 158 g/mol. The summed E-state index contributed by atoms with van der Waals surface area (Å²) >= 11 is 1.85. The predicted octanol–water partition coefficient (Wildman–Crippen LogP) is 1.82. The molecule has 0 spiro atoms. The van der Waals surface area contributed by atoms with E-state index in [-0.39, 0.29) is 0 Å². The summed E-state index contributed by atoms with van der Waals surface area (Å²) in [6.07, 6.45) is 1.10. The van der Waals surface area contributed by atoms with E-state index in [1.54, 1.807) is 0 Å². The summed E-state index contributed by atoms with van der Waals surface area (Å²) < 4.78 is 0.310. The van der Waals surface area contributed by atoms with Crippen molar-refractivity contribution in [3.8, 4) is 0 Å². The van der Waals surface area contributed by atoms with Gasteiger partial charge in [-0.25, -0.2) is 0 Å². The topological polar surface area (TPSA) is 24.4 Å². The Morgan fingerprint density at radius 2 is 2.20 bits per heavy atom. The second-order valence-electron chi connectivity index (χ2n) is 3.38. The van der Waals surface area contributed by atoms with Crippen LogP contribution < -0.4 is 5.43 Å². The summed E-state index contributed by atoms with van der Waals surface area (Å²) in [5.41, 5.74) is 2.96. The van der Waals surface area contributed by atoms with Crippen molar-refractivity contribution in [2.45, 2.75) is 31.9 Å². The molecular formula is C7H14N2S. The Balaban J connectivity index is 2.38. The Labute approximate surface area is 66.5 Å². The monoisotopic (exact) mass is 158 g/mol. The number of nitrogens with one attached hydrogen (secondary N) is 1. The Bertz CT molecular complexity index is 146. The minimum Gasteiger partial charge on any atom is -0.309 e. The quantitative estimate of drug-likeness (QED) is 0.581. The van der Waals surface area contributed by atoms with E-state index in [2.05, 4.69) is 31.3 Å². The zero-order valence-electron chi connectivity index (χ0n) is 6.77.